The summed E-state index contributed by atoms with van der Waals surface area (Å²) in [5.74, 6) is -2.00. The summed E-state index contributed by atoms with van der Waals surface area (Å²) in [5, 5.41) is 9.77. The van der Waals surface area contributed by atoms with E-state index in [0.29, 0.717) is 17.4 Å². The minimum absolute atomic E-state index is 0.184. The predicted octanol–water partition coefficient (Wildman–Crippen LogP) is 24.5. The van der Waals surface area contributed by atoms with Crippen molar-refractivity contribution in [2.45, 2.75) is 334 Å². The highest BCUT2D eigenvalue weighted by atomic mass is 16.7. The van der Waals surface area contributed by atoms with Crippen LogP contribution in [0.25, 0.3) is 0 Å². The molecule has 0 saturated heterocycles. The molecule has 532 valence electrons. The Morgan fingerprint density at radius 2 is 0.613 bits per heavy atom. The van der Waals surface area contributed by atoms with Gasteiger partial charge in [0.1, 0.15) is 13.2 Å². The minimum atomic E-state index is -1.52. The number of carbonyl (C=O) groups excluding carboxylic acids is 2. The summed E-state index contributed by atoms with van der Waals surface area (Å²) in [6.07, 6.45) is 103. The molecule has 0 aromatic carbocycles. The first-order chi connectivity index (χ1) is 45.6. The first-order valence-corrected chi connectivity index (χ1v) is 38.3. The van der Waals surface area contributed by atoms with E-state index in [2.05, 4.69) is 148 Å². The number of carbonyl (C=O) groups is 3. The standard InChI is InChI=1S/C84H143NO8/c1-6-8-10-12-14-16-18-20-22-24-26-28-30-32-34-35-36-37-38-39-40-41-42-43-44-45-46-47-49-51-53-55-57-59-61-63-65-67-69-71-73-75-82(87)93-80(79-92-84(83(88)89)90-77-76-85(3,4)5)78-91-81(86)74-72-70-68-66-64-62-60-58-56-54-52-50-48-33-31-29-27-25-23-21-19-17-15-13-11-9-7-2/h8,10,14,16,19-22,25-28,31-34,36-37,39-40,42-43,80,84H,6-7,9,11-13,15,17-18,23-24,29-30,35,38,41,44-79H2,1-5H3/p+1/b10-8-,16-14-,21-19-,22-20-,27-25-,28-26-,33-31-,34-32-,37-36-,40-39-,43-42-. The maximum Gasteiger partial charge on any atom is 0.361 e. The highest BCUT2D eigenvalue weighted by molar-refractivity contribution is 5.71. The van der Waals surface area contributed by atoms with Gasteiger partial charge in [0.15, 0.2) is 6.10 Å². The zero-order valence-electron chi connectivity index (χ0n) is 60.9. The van der Waals surface area contributed by atoms with Gasteiger partial charge in [-0.15, -0.1) is 0 Å². The van der Waals surface area contributed by atoms with Gasteiger partial charge in [0.2, 0.25) is 0 Å². The molecule has 0 aliphatic carbocycles. The predicted molar refractivity (Wildman–Crippen MR) is 401 cm³/mol. The van der Waals surface area contributed by atoms with Crippen LogP contribution in [0.4, 0.5) is 0 Å². The number of nitrogens with zero attached hydrogens (tertiary/aromatic N) is 1. The third-order valence-corrected chi connectivity index (χ3v) is 16.4. The van der Waals surface area contributed by atoms with Crippen molar-refractivity contribution in [2.24, 2.45) is 0 Å². The van der Waals surface area contributed by atoms with Crippen LogP contribution in [-0.4, -0.2) is 87.4 Å². The summed E-state index contributed by atoms with van der Waals surface area (Å²) in [7, 11) is 5.98. The van der Waals surface area contributed by atoms with Crippen molar-refractivity contribution in [3.63, 3.8) is 0 Å². The molecule has 93 heavy (non-hydrogen) atoms. The number of allylic oxidation sites excluding steroid dienone is 22. The van der Waals surface area contributed by atoms with Gasteiger partial charge in [0.25, 0.3) is 6.29 Å². The Labute approximate surface area is 573 Å². The van der Waals surface area contributed by atoms with Crippen LogP contribution in [0.5, 0.6) is 0 Å². The first kappa shape index (κ1) is 88.4. The Bertz CT molecular complexity index is 2000. The maximum absolute atomic E-state index is 13.0. The molecular formula is C84H144NO8+. The molecule has 0 aliphatic heterocycles. The number of hydrogen-bond acceptors (Lipinski definition) is 7. The molecule has 0 saturated carbocycles. The van der Waals surface area contributed by atoms with Gasteiger partial charge < -0.3 is 28.5 Å². The van der Waals surface area contributed by atoms with Crippen molar-refractivity contribution in [3.05, 3.63) is 134 Å². The van der Waals surface area contributed by atoms with E-state index >= 15 is 0 Å². The number of quaternary nitrogens is 1. The second-order valence-corrected chi connectivity index (χ2v) is 26.6. The van der Waals surface area contributed by atoms with Crippen LogP contribution in [-0.2, 0) is 33.3 Å². The summed E-state index contributed by atoms with van der Waals surface area (Å²) in [5.41, 5.74) is 0. The summed E-state index contributed by atoms with van der Waals surface area (Å²) in [4.78, 5) is 37.7. The smallest absolute Gasteiger partial charge is 0.361 e. The number of carboxylic acids is 1. The molecule has 0 heterocycles. The van der Waals surface area contributed by atoms with E-state index in [9.17, 15) is 19.5 Å². The zero-order chi connectivity index (χ0) is 67.5. The maximum atomic E-state index is 13.0. The van der Waals surface area contributed by atoms with Crippen molar-refractivity contribution < 1.29 is 42.9 Å². The largest absolute Gasteiger partial charge is 0.477 e. The van der Waals surface area contributed by atoms with Crippen LogP contribution in [0.15, 0.2) is 134 Å². The van der Waals surface area contributed by atoms with Gasteiger partial charge in [-0.05, 0) is 116 Å². The van der Waals surface area contributed by atoms with Gasteiger partial charge in [-0.3, -0.25) is 9.59 Å². The molecule has 0 aromatic heterocycles. The first-order valence-electron chi connectivity index (χ1n) is 38.3. The lowest BCUT2D eigenvalue weighted by Crippen LogP contribution is -2.40. The zero-order valence-corrected chi connectivity index (χ0v) is 60.9. The normalized spacial score (nSPS) is 13.4. The molecule has 9 nitrogen and oxygen atoms in total. The van der Waals surface area contributed by atoms with Crippen LogP contribution < -0.4 is 0 Å². The highest BCUT2D eigenvalue weighted by Crippen LogP contribution is 2.18. The van der Waals surface area contributed by atoms with E-state index in [1.54, 1.807) is 0 Å². The van der Waals surface area contributed by atoms with E-state index in [-0.39, 0.29) is 32.2 Å². The molecule has 2 unspecified atom stereocenters. The average molecular weight is 1300 g/mol. The van der Waals surface area contributed by atoms with Gasteiger partial charge in [-0.25, -0.2) is 4.79 Å². The number of rotatable bonds is 70. The quantitative estimate of drug-likeness (QED) is 0.0211. The monoisotopic (exact) mass is 1300 g/mol. The molecular weight excluding hydrogens is 1150 g/mol. The van der Waals surface area contributed by atoms with Crippen LogP contribution >= 0.6 is 0 Å². The molecule has 0 aliphatic rings. The van der Waals surface area contributed by atoms with E-state index in [4.69, 9.17) is 18.9 Å². The number of likely N-dealkylation sites (N-methyl/N-ethyl adjacent to an activating group) is 1. The van der Waals surface area contributed by atoms with Crippen LogP contribution in [0, 0.1) is 0 Å². The van der Waals surface area contributed by atoms with Gasteiger partial charge >= 0.3 is 17.9 Å². The lowest BCUT2D eigenvalue weighted by molar-refractivity contribution is -0.870. The Morgan fingerprint density at radius 3 is 0.914 bits per heavy atom. The number of ether oxygens (including phenoxy) is 4. The summed E-state index contributed by atoms with van der Waals surface area (Å²) in [6, 6.07) is 0. The van der Waals surface area contributed by atoms with E-state index < -0.39 is 24.3 Å². The Kier molecular flexibility index (Phi) is 69.6. The number of unbranched alkanes of at least 4 members (excludes halogenated alkanes) is 33. The minimum Gasteiger partial charge on any atom is -0.477 e. The molecule has 0 spiro atoms. The van der Waals surface area contributed by atoms with Crippen molar-refractivity contribution in [1.29, 1.82) is 0 Å². The molecule has 1 N–H and O–H groups in total. The molecule has 0 aromatic rings. The fourth-order valence-corrected chi connectivity index (χ4v) is 10.6. The van der Waals surface area contributed by atoms with E-state index in [1.807, 2.05) is 21.1 Å². The topological polar surface area (TPSA) is 108 Å². The van der Waals surface area contributed by atoms with E-state index in [0.717, 1.165) is 103 Å². The molecule has 9 heteroatoms. The Morgan fingerprint density at radius 1 is 0.333 bits per heavy atom. The lowest BCUT2D eigenvalue weighted by Gasteiger charge is -2.25. The fourth-order valence-electron chi connectivity index (χ4n) is 10.6. The number of aliphatic carboxylic acids is 1. The second kappa shape index (κ2) is 73.2. The number of hydrogen-bond donors (Lipinski definition) is 1. The van der Waals surface area contributed by atoms with Crippen LogP contribution in [0.1, 0.15) is 322 Å². The molecule has 0 amide bonds. The molecule has 0 radical (unpaired) electrons. The van der Waals surface area contributed by atoms with E-state index in [1.165, 1.54) is 193 Å². The van der Waals surface area contributed by atoms with Crippen LogP contribution in [0.2, 0.25) is 0 Å². The van der Waals surface area contributed by atoms with Crippen LogP contribution in [0.3, 0.4) is 0 Å². The molecule has 2 atom stereocenters. The van der Waals surface area contributed by atoms with Gasteiger partial charge in [0.05, 0.1) is 34.4 Å². The summed E-state index contributed by atoms with van der Waals surface area (Å²) >= 11 is 0. The van der Waals surface area contributed by atoms with Crippen molar-refractivity contribution in [2.75, 3.05) is 47.5 Å². The van der Waals surface area contributed by atoms with Crippen molar-refractivity contribution in [3.8, 4) is 0 Å². The third kappa shape index (κ3) is 74.7. The molecule has 0 bridgehead atoms. The summed E-state index contributed by atoms with van der Waals surface area (Å²) in [6.45, 7) is 4.77. The third-order valence-electron chi connectivity index (χ3n) is 16.4. The fraction of sp³-hybridized carbons (Fsp3) is 0.702. The summed E-state index contributed by atoms with van der Waals surface area (Å²) < 4.78 is 23.0. The van der Waals surface area contributed by atoms with Crippen molar-refractivity contribution in [1.82, 2.24) is 0 Å². The van der Waals surface area contributed by atoms with Gasteiger partial charge in [0, 0.05) is 12.8 Å². The molecule has 0 rings (SSSR count). The number of esters is 2. The SMILES string of the molecule is CC/C=C\C/C=C\C/C=C\C/C=C\C/C=C\C/C=C\C/C=C\C/C=C\CCCCCCCCCCCCCCCCCCC(=O)OC(COC(=O)CCCCCCCCCCCCCC/C=C\C/C=C\C/C=C\CCCCCCC)COC(OCC[N+](C)(C)C)C(=O)O. The average Bonchev–Trinajstić information content (AvgIpc) is 3.38. The number of carboxylic acid groups (broad SMARTS) is 1. The molecule has 0 fully saturated rings. The Balaban J connectivity index is 4.07. The van der Waals surface area contributed by atoms with Gasteiger partial charge in [-0.2, -0.15) is 0 Å². The Hall–Kier alpha value is -4.57. The van der Waals surface area contributed by atoms with Gasteiger partial charge in [-0.1, -0.05) is 327 Å². The van der Waals surface area contributed by atoms with Crippen molar-refractivity contribution >= 4 is 17.9 Å². The lowest BCUT2D eigenvalue weighted by atomic mass is 10.0. The second-order valence-electron chi connectivity index (χ2n) is 26.6. The highest BCUT2D eigenvalue weighted by Gasteiger charge is 2.25.